The van der Waals surface area contributed by atoms with Crippen LogP contribution >= 0.6 is 0 Å². The largest absolute Gasteiger partial charge is 0.493 e. The Labute approximate surface area is 193 Å². The molecule has 172 valence electrons. The van der Waals surface area contributed by atoms with E-state index in [9.17, 15) is 4.79 Å². The summed E-state index contributed by atoms with van der Waals surface area (Å²) in [7, 11) is 3.16. The van der Waals surface area contributed by atoms with Crippen LogP contribution in [0.1, 0.15) is 24.2 Å². The van der Waals surface area contributed by atoms with Gasteiger partial charge in [-0.2, -0.15) is 0 Å². The van der Waals surface area contributed by atoms with Gasteiger partial charge in [-0.25, -0.2) is 9.97 Å². The predicted octanol–water partition coefficient (Wildman–Crippen LogP) is 4.15. The van der Waals surface area contributed by atoms with Gasteiger partial charge < -0.3 is 24.4 Å². The number of morpholine rings is 1. The average Bonchev–Trinajstić information content (AvgIpc) is 2.83. The lowest BCUT2D eigenvalue weighted by Crippen LogP contribution is -2.48. The van der Waals surface area contributed by atoms with Crippen molar-refractivity contribution < 1.29 is 19.0 Å². The first-order valence-electron chi connectivity index (χ1n) is 10.8. The highest BCUT2D eigenvalue weighted by atomic mass is 16.5. The molecule has 1 aliphatic heterocycles. The summed E-state index contributed by atoms with van der Waals surface area (Å²) in [6.07, 6.45) is 1.51. The van der Waals surface area contributed by atoms with E-state index in [1.165, 1.54) is 0 Å². The smallest absolute Gasteiger partial charge is 0.259 e. The molecule has 1 aromatic heterocycles. The lowest BCUT2D eigenvalue weighted by atomic mass is 10.1. The highest BCUT2D eigenvalue weighted by Gasteiger charge is 2.29. The van der Waals surface area contributed by atoms with E-state index in [-0.39, 0.29) is 18.1 Å². The lowest BCUT2D eigenvalue weighted by Gasteiger charge is -2.35. The molecule has 1 fully saturated rings. The highest BCUT2D eigenvalue weighted by molar-refractivity contribution is 5.99. The van der Waals surface area contributed by atoms with Crippen molar-refractivity contribution in [3.63, 3.8) is 0 Å². The maximum absolute atomic E-state index is 13.5. The number of nitrogens with zero attached hydrogens (tertiary/aromatic N) is 3. The van der Waals surface area contributed by atoms with Gasteiger partial charge in [0.15, 0.2) is 17.3 Å². The second-order valence-electron chi connectivity index (χ2n) is 7.98. The predicted molar refractivity (Wildman–Crippen MR) is 126 cm³/mol. The molecule has 0 saturated carbocycles. The van der Waals surface area contributed by atoms with E-state index < -0.39 is 0 Å². The van der Waals surface area contributed by atoms with Crippen molar-refractivity contribution in [3.05, 3.63) is 60.3 Å². The molecule has 1 amide bonds. The molecular formula is C25H28N4O4. The Hall–Kier alpha value is -3.65. The molecule has 1 N–H and O–H groups in total. The number of carbonyl (C=O) groups is 1. The monoisotopic (exact) mass is 448 g/mol. The Balaban J connectivity index is 1.72. The SMILES string of the molecule is COc1ccc(Nc2nc(-c3ccccc3)ncc2C(=O)N2CC(C)OC(C)C2)cc1OC. The number of hydrogen-bond donors (Lipinski definition) is 1. The standard InChI is InChI=1S/C25H28N4O4/c1-16-14-29(15-17(2)33-16)25(30)20-13-26-23(18-8-6-5-7-9-18)28-24(20)27-19-10-11-21(31-3)22(12-19)32-4/h5-13,16-17H,14-15H2,1-4H3,(H,26,27,28). The van der Waals surface area contributed by atoms with Crippen molar-refractivity contribution >= 4 is 17.4 Å². The number of rotatable bonds is 6. The lowest BCUT2D eigenvalue weighted by molar-refractivity contribution is -0.0586. The Morgan fingerprint density at radius 3 is 2.39 bits per heavy atom. The van der Waals surface area contributed by atoms with Crippen molar-refractivity contribution in [2.75, 3.05) is 32.6 Å². The third kappa shape index (κ3) is 5.06. The van der Waals surface area contributed by atoms with Crippen molar-refractivity contribution in [3.8, 4) is 22.9 Å². The Morgan fingerprint density at radius 2 is 1.73 bits per heavy atom. The molecule has 1 aliphatic rings. The maximum atomic E-state index is 13.5. The molecule has 33 heavy (non-hydrogen) atoms. The molecule has 8 nitrogen and oxygen atoms in total. The molecule has 4 rings (SSSR count). The number of amides is 1. The third-order valence-corrected chi connectivity index (χ3v) is 5.40. The van der Waals surface area contributed by atoms with E-state index in [0.717, 1.165) is 5.56 Å². The summed E-state index contributed by atoms with van der Waals surface area (Å²) in [4.78, 5) is 24.5. The molecule has 0 bridgehead atoms. The summed E-state index contributed by atoms with van der Waals surface area (Å²) in [5.74, 6) is 2.00. The molecular weight excluding hydrogens is 420 g/mol. The highest BCUT2D eigenvalue weighted by Crippen LogP contribution is 2.32. The number of hydrogen-bond acceptors (Lipinski definition) is 7. The number of anilines is 2. The topological polar surface area (TPSA) is 85.8 Å². The quantitative estimate of drug-likeness (QED) is 0.606. The fraction of sp³-hybridized carbons (Fsp3) is 0.320. The van der Waals surface area contributed by atoms with Crippen LogP contribution < -0.4 is 14.8 Å². The van der Waals surface area contributed by atoms with Gasteiger partial charge in [0.2, 0.25) is 0 Å². The van der Waals surface area contributed by atoms with Crippen LogP contribution in [0.4, 0.5) is 11.5 Å². The fourth-order valence-corrected chi connectivity index (χ4v) is 3.92. The van der Waals surface area contributed by atoms with Crippen molar-refractivity contribution in [2.24, 2.45) is 0 Å². The molecule has 3 aromatic rings. The molecule has 2 unspecified atom stereocenters. The van der Waals surface area contributed by atoms with Crippen molar-refractivity contribution in [1.82, 2.24) is 14.9 Å². The minimum atomic E-state index is -0.139. The van der Waals surface area contributed by atoms with Crippen LogP contribution in [0.5, 0.6) is 11.5 Å². The number of ether oxygens (including phenoxy) is 3. The first-order valence-corrected chi connectivity index (χ1v) is 10.8. The Bertz CT molecular complexity index is 1110. The average molecular weight is 449 g/mol. The molecule has 8 heteroatoms. The molecule has 1 saturated heterocycles. The van der Waals surface area contributed by atoms with Gasteiger partial charge >= 0.3 is 0 Å². The number of aromatic nitrogens is 2. The first kappa shape index (κ1) is 22.5. The van der Waals surface area contributed by atoms with Gasteiger partial charge in [-0.05, 0) is 26.0 Å². The van der Waals surface area contributed by atoms with E-state index in [1.807, 2.05) is 50.2 Å². The van der Waals surface area contributed by atoms with Crippen LogP contribution in [0.3, 0.4) is 0 Å². The molecule has 2 atom stereocenters. The normalized spacial score (nSPS) is 18.0. The summed E-state index contributed by atoms with van der Waals surface area (Å²) in [5, 5.41) is 3.29. The Morgan fingerprint density at radius 1 is 1.03 bits per heavy atom. The number of carbonyl (C=O) groups excluding carboxylic acids is 1. The summed E-state index contributed by atoms with van der Waals surface area (Å²) < 4.78 is 16.5. The zero-order valence-electron chi connectivity index (χ0n) is 19.2. The van der Waals surface area contributed by atoms with Crippen LogP contribution in [0.15, 0.2) is 54.7 Å². The zero-order chi connectivity index (χ0) is 23.4. The summed E-state index contributed by atoms with van der Waals surface area (Å²) in [6.45, 7) is 4.96. The number of nitrogens with one attached hydrogen (secondary N) is 1. The van der Waals surface area contributed by atoms with Crippen molar-refractivity contribution in [2.45, 2.75) is 26.1 Å². The fourth-order valence-electron chi connectivity index (χ4n) is 3.92. The summed E-state index contributed by atoms with van der Waals surface area (Å²) in [5.41, 5.74) is 1.97. The van der Waals surface area contributed by atoms with Gasteiger partial charge in [0, 0.05) is 36.6 Å². The summed E-state index contributed by atoms with van der Waals surface area (Å²) in [6, 6.07) is 15.1. The zero-order valence-corrected chi connectivity index (χ0v) is 19.2. The third-order valence-electron chi connectivity index (χ3n) is 5.40. The van der Waals surface area contributed by atoms with Crippen LogP contribution in [0.25, 0.3) is 11.4 Å². The van der Waals surface area contributed by atoms with E-state index in [4.69, 9.17) is 19.2 Å². The van der Waals surface area contributed by atoms with Crippen LogP contribution in [0, 0.1) is 0 Å². The second kappa shape index (κ2) is 9.87. The molecule has 0 radical (unpaired) electrons. The maximum Gasteiger partial charge on any atom is 0.259 e. The van der Waals surface area contributed by atoms with E-state index in [1.54, 1.807) is 37.4 Å². The molecule has 2 aromatic carbocycles. The number of benzene rings is 2. The van der Waals surface area contributed by atoms with Crippen LogP contribution in [-0.4, -0.2) is 60.3 Å². The van der Waals surface area contributed by atoms with Crippen LogP contribution in [-0.2, 0) is 4.74 Å². The minimum absolute atomic E-state index is 0.0375. The van der Waals surface area contributed by atoms with E-state index in [2.05, 4.69) is 10.3 Å². The van der Waals surface area contributed by atoms with Gasteiger partial charge in [0.05, 0.1) is 26.4 Å². The molecule has 0 spiro atoms. The van der Waals surface area contributed by atoms with E-state index >= 15 is 0 Å². The van der Waals surface area contributed by atoms with E-state index in [0.29, 0.717) is 47.5 Å². The number of methoxy groups -OCH3 is 2. The first-order chi connectivity index (χ1) is 16.0. The second-order valence-corrected chi connectivity index (χ2v) is 7.98. The van der Waals surface area contributed by atoms with Gasteiger partial charge in [-0.3, -0.25) is 4.79 Å². The van der Waals surface area contributed by atoms with Crippen molar-refractivity contribution in [1.29, 1.82) is 0 Å². The van der Waals surface area contributed by atoms with Gasteiger partial charge in [-0.15, -0.1) is 0 Å². The minimum Gasteiger partial charge on any atom is -0.493 e. The molecule has 0 aliphatic carbocycles. The Kier molecular flexibility index (Phi) is 6.74. The van der Waals surface area contributed by atoms with Crippen LogP contribution in [0.2, 0.25) is 0 Å². The molecule has 2 heterocycles. The van der Waals surface area contributed by atoms with Gasteiger partial charge in [0.1, 0.15) is 11.4 Å². The summed E-state index contributed by atoms with van der Waals surface area (Å²) >= 11 is 0. The van der Waals surface area contributed by atoms with Gasteiger partial charge in [0.25, 0.3) is 5.91 Å². The van der Waals surface area contributed by atoms with Gasteiger partial charge in [-0.1, -0.05) is 30.3 Å².